The summed E-state index contributed by atoms with van der Waals surface area (Å²) in [4.78, 5) is 0. The fraction of sp³-hybridized carbons (Fsp3) is 0.273. The standard InChI is InChI=1S/C11H13N/c1-2-5-10-8-9-6-3-4-7-11(9)12-10/h2-4,6-7,10,12H,1,5,8H2. The van der Waals surface area contributed by atoms with E-state index in [1.165, 1.54) is 11.3 Å². The minimum absolute atomic E-state index is 0.569. The van der Waals surface area contributed by atoms with E-state index >= 15 is 0 Å². The Morgan fingerprint density at radius 3 is 3.08 bits per heavy atom. The number of fused-ring (bicyclic) bond motifs is 1. The molecule has 1 N–H and O–H groups in total. The number of hydrogen-bond acceptors (Lipinski definition) is 1. The van der Waals surface area contributed by atoms with Gasteiger partial charge < -0.3 is 5.32 Å². The first-order chi connectivity index (χ1) is 5.90. The van der Waals surface area contributed by atoms with E-state index in [4.69, 9.17) is 0 Å². The molecule has 1 aliphatic rings. The van der Waals surface area contributed by atoms with Gasteiger partial charge in [0, 0.05) is 11.7 Å². The van der Waals surface area contributed by atoms with E-state index in [1.54, 1.807) is 0 Å². The van der Waals surface area contributed by atoms with Gasteiger partial charge in [-0.15, -0.1) is 6.58 Å². The van der Waals surface area contributed by atoms with E-state index < -0.39 is 0 Å². The molecule has 0 aliphatic carbocycles. The molecule has 0 spiro atoms. The molecular formula is C11H13N. The minimum Gasteiger partial charge on any atom is -0.381 e. The van der Waals surface area contributed by atoms with Gasteiger partial charge >= 0.3 is 0 Å². The van der Waals surface area contributed by atoms with Gasteiger partial charge in [-0.2, -0.15) is 0 Å². The minimum atomic E-state index is 0.569. The van der Waals surface area contributed by atoms with Crippen LogP contribution in [0.15, 0.2) is 36.9 Å². The highest BCUT2D eigenvalue weighted by atomic mass is 14.9. The Balaban J connectivity index is 2.16. The van der Waals surface area contributed by atoms with Gasteiger partial charge in [0.05, 0.1) is 0 Å². The molecule has 0 saturated heterocycles. The molecule has 1 nitrogen and oxygen atoms in total. The van der Waals surface area contributed by atoms with Crippen LogP contribution >= 0.6 is 0 Å². The van der Waals surface area contributed by atoms with Crippen molar-refractivity contribution in [2.45, 2.75) is 18.9 Å². The normalized spacial score (nSPS) is 19.8. The fourth-order valence-corrected chi connectivity index (χ4v) is 1.72. The Hall–Kier alpha value is -1.24. The summed E-state index contributed by atoms with van der Waals surface area (Å²) in [5, 5.41) is 3.46. The van der Waals surface area contributed by atoms with Crippen molar-refractivity contribution in [3.05, 3.63) is 42.5 Å². The largest absolute Gasteiger partial charge is 0.381 e. The van der Waals surface area contributed by atoms with E-state index in [-0.39, 0.29) is 0 Å². The van der Waals surface area contributed by atoms with Gasteiger partial charge in [0.25, 0.3) is 0 Å². The molecule has 0 aromatic heterocycles. The highest BCUT2D eigenvalue weighted by molar-refractivity contribution is 5.56. The predicted molar refractivity (Wildman–Crippen MR) is 52.4 cm³/mol. The molecule has 1 heteroatoms. The molecule has 12 heavy (non-hydrogen) atoms. The van der Waals surface area contributed by atoms with E-state index in [0.29, 0.717) is 6.04 Å². The summed E-state index contributed by atoms with van der Waals surface area (Å²) in [6.45, 7) is 3.75. The number of benzene rings is 1. The molecule has 1 aromatic carbocycles. The van der Waals surface area contributed by atoms with Gasteiger partial charge in [0.15, 0.2) is 0 Å². The molecule has 2 rings (SSSR count). The van der Waals surface area contributed by atoms with Crippen molar-refractivity contribution in [1.29, 1.82) is 0 Å². The lowest BCUT2D eigenvalue weighted by molar-refractivity contribution is 0.766. The molecule has 0 bridgehead atoms. The second kappa shape index (κ2) is 3.02. The third-order valence-electron chi connectivity index (χ3n) is 2.29. The van der Waals surface area contributed by atoms with Gasteiger partial charge in [-0.25, -0.2) is 0 Å². The summed E-state index contributed by atoms with van der Waals surface area (Å²) in [6, 6.07) is 9.06. The molecule has 1 aromatic rings. The van der Waals surface area contributed by atoms with Crippen molar-refractivity contribution < 1.29 is 0 Å². The van der Waals surface area contributed by atoms with E-state index in [0.717, 1.165) is 12.8 Å². The van der Waals surface area contributed by atoms with Crippen molar-refractivity contribution >= 4 is 5.69 Å². The van der Waals surface area contributed by atoms with Crippen LogP contribution in [0.5, 0.6) is 0 Å². The molecule has 62 valence electrons. The lowest BCUT2D eigenvalue weighted by Gasteiger charge is -2.06. The van der Waals surface area contributed by atoms with Crippen molar-refractivity contribution in [2.24, 2.45) is 0 Å². The highest BCUT2D eigenvalue weighted by Gasteiger charge is 2.17. The maximum atomic E-state index is 3.75. The Morgan fingerprint density at radius 1 is 1.50 bits per heavy atom. The van der Waals surface area contributed by atoms with Gasteiger partial charge in [0.1, 0.15) is 0 Å². The third kappa shape index (κ3) is 1.22. The first-order valence-electron chi connectivity index (χ1n) is 4.35. The van der Waals surface area contributed by atoms with Crippen molar-refractivity contribution in [3.8, 4) is 0 Å². The van der Waals surface area contributed by atoms with Crippen LogP contribution in [0.25, 0.3) is 0 Å². The average Bonchev–Trinajstić information content (AvgIpc) is 2.47. The zero-order valence-electron chi connectivity index (χ0n) is 7.09. The summed E-state index contributed by atoms with van der Waals surface area (Å²) < 4.78 is 0. The molecule has 1 unspecified atom stereocenters. The molecule has 0 fully saturated rings. The lowest BCUT2D eigenvalue weighted by atomic mass is 10.1. The monoisotopic (exact) mass is 159 g/mol. The Labute approximate surface area is 73.1 Å². The molecule has 0 saturated carbocycles. The first kappa shape index (κ1) is 7.41. The van der Waals surface area contributed by atoms with Crippen molar-refractivity contribution in [2.75, 3.05) is 5.32 Å². The molecular weight excluding hydrogens is 146 g/mol. The van der Waals surface area contributed by atoms with Crippen LogP contribution in [0, 0.1) is 0 Å². The Morgan fingerprint density at radius 2 is 2.33 bits per heavy atom. The lowest BCUT2D eigenvalue weighted by Crippen LogP contribution is -2.13. The maximum Gasteiger partial charge on any atom is 0.0375 e. The maximum absolute atomic E-state index is 3.75. The van der Waals surface area contributed by atoms with Gasteiger partial charge in [-0.3, -0.25) is 0 Å². The number of hydrogen-bond donors (Lipinski definition) is 1. The van der Waals surface area contributed by atoms with E-state index in [9.17, 15) is 0 Å². The predicted octanol–water partition coefficient (Wildman–Crippen LogP) is 2.60. The summed E-state index contributed by atoms with van der Waals surface area (Å²) in [5.41, 5.74) is 2.73. The molecule has 1 atom stereocenters. The van der Waals surface area contributed by atoms with E-state index in [1.807, 2.05) is 6.08 Å². The van der Waals surface area contributed by atoms with Crippen LogP contribution in [0.3, 0.4) is 0 Å². The zero-order valence-corrected chi connectivity index (χ0v) is 7.09. The second-order valence-corrected chi connectivity index (χ2v) is 3.23. The number of rotatable bonds is 2. The summed E-state index contributed by atoms with van der Waals surface area (Å²) in [7, 11) is 0. The van der Waals surface area contributed by atoms with Crippen molar-refractivity contribution in [3.63, 3.8) is 0 Å². The van der Waals surface area contributed by atoms with Crippen LogP contribution in [0.2, 0.25) is 0 Å². The van der Waals surface area contributed by atoms with Gasteiger partial charge in [-0.05, 0) is 24.5 Å². The summed E-state index contributed by atoms with van der Waals surface area (Å²) in [6.07, 6.45) is 4.17. The fourth-order valence-electron chi connectivity index (χ4n) is 1.72. The first-order valence-corrected chi connectivity index (χ1v) is 4.35. The number of nitrogens with one attached hydrogen (secondary N) is 1. The van der Waals surface area contributed by atoms with E-state index in [2.05, 4.69) is 36.2 Å². The van der Waals surface area contributed by atoms with Gasteiger partial charge in [0.2, 0.25) is 0 Å². The zero-order chi connectivity index (χ0) is 8.39. The van der Waals surface area contributed by atoms with Crippen molar-refractivity contribution in [1.82, 2.24) is 0 Å². The van der Waals surface area contributed by atoms with Crippen LogP contribution in [-0.4, -0.2) is 6.04 Å². The Kier molecular flexibility index (Phi) is 1.86. The van der Waals surface area contributed by atoms with Gasteiger partial charge in [-0.1, -0.05) is 24.3 Å². The number of anilines is 1. The summed E-state index contributed by atoms with van der Waals surface area (Å²) >= 11 is 0. The Bertz CT molecular complexity index is 266. The SMILES string of the molecule is C=CCC1Cc2ccccc2N1. The molecule has 0 amide bonds. The van der Waals surface area contributed by atoms with Crippen LogP contribution < -0.4 is 5.32 Å². The molecule has 1 aliphatic heterocycles. The quantitative estimate of drug-likeness (QED) is 0.654. The van der Waals surface area contributed by atoms with Crippen LogP contribution in [-0.2, 0) is 6.42 Å². The topological polar surface area (TPSA) is 12.0 Å². The second-order valence-electron chi connectivity index (χ2n) is 3.23. The molecule has 0 radical (unpaired) electrons. The molecule has 1 heterocycles. The summed E-state index contributed by atoms with van der Waals surface area (Å²) in [5.74, 6) is 0. The van der Waals surface area contributed by atoms with Crippen LogP contribution in [0.4, 0.5) is 5.69 Å². The van der Waals surface area contributed by atoms with Crippen LogP contribution in [0.1, 0.15) is 12.0 Å². The smallest absolute Gasteiger partial charge is 0.0375 e. The highest BCUT2D eigenvalue weighted by Crippen LogP contribution is 2.26. The number of para-hydroxylation sites is 1. The third-order valence-corrected chi connectivity index (χ3v) is 2.29. The average molecular weight is 159 g/mol.